The number of benzene rings is 2. The molecule has 0 spiro atoms. The number of hydrogen-bond donors (Lipinski definition) is 1. The highest BCUT2D eigenvalue weighted by Crippen LogP contribution is 2.33. The van der Waals surface area contributed by atoms with Crippen LogP contribution in [0.5, 0.6) is 17.2 Å². The van der Waals surface area contributed by atoms with Crippen LogP contribution in [0.2, 0.25) is 0 Å². The predicted octanol–water partition coefficient (Wildman–Crippen LogP) is 1.39. The van der Waals surface area contributed by atoms with E-state index in [1.807, 2.05) is 19.1 Å². The summed E-state index contributed by atoms with van der Waals surface area (Å²) in [4.78, 5) is 23.4. The molecule has 2 rings (SSSR count). The van der Waals surface area contributed by atoms with Gasteiger partial charge in [-0.25, -0.2) is 0 Å². The highest BCUT2D eigenvalue weighted by atomic mass is 16.5. The Morgan fingerprint density at radius 3 is 2.20 bits per heavy atom. The minimum absolute atomic E-state index is 0.0372. The van der Waals surface area contributed by atoms with Crippen LogP contribution < -0.4 is 24.6 Å². The van der Waals surface area contributed by atoms with Crippen molar-refractivity contribution < 1.29 is 28.9 Å². The zero-order chi connectivity index (χ0) is 18.4. The van der Waals surface area contributed by atoms with E-state index in [9.17, 15) is 14.7 Å². The summed E-state index contributed by atoms with van der Waals surface area (Å²) in [5.41, 5.74) is 0.886. The number of carboxylic acids is 1. The maximum atomic E-state index is 12.1. The molecule has 132 valence electrons. The minimum Gasteiger partial charge on any atom is -0.545 e. The first-order valence-electron chi connectivity index (χ1n) is 7.41. The van der Waals surface area contributed by atoms with Crippen LogP contribution in [0.15, 0.2) is 36.4 Å². The molecule has 0 aliphatic rings. The Hall–Kier alpha value is -3.22. The number of anilines is 1. The monoisotopic (exact) mass is 344 g/mol. The Morgan fingerprint density at radius 2 is 1.64 bits per heavy atom. The fourth-order valence-corrected chi connectivity index (χ4v) is 2.12. The van der Waals surface area contributed by atoms with Crippen molar-refractivity contribution in [1.82, 2.24) is 0 Å². The van der Waals surface area contributed by atoms with Crippen LogP contribution in [0, 0.1) is 6.92 Å². The Labute approximate surface area is 145 Å². The molecular weight excluding hydrogens is 326 g/mol. The largest absolute Gasteiger partial charge is 0.545 e. The van der Waals surface area contributed by atoms with Crippen molar-refractivity contribution in [3.05, 3.63) is 47.5 Å². The van der Waals surface area contributed by atoms with Crippen LogP contribution in [-0.2, 0) is 4.79 Å². The lowest BCUT2D eigenvalue weighted by Crippen LogP contribution is -2.26. The molecule has 25 heavy (non-hydrogen) atoms. The van der Waals surface area contributed by atoms with Gasteiger partial charge < -0.3 is 29.4 Å². The Kier molecular flexibility index (Phi) is 5.84. The van der Waals surface area contributed by atoms with Gasteiger partial charge in [0.05, 0.1) is 25.9 Å². The number of hydrogen-bond acceptors (Lipinski definition) is 6. The quantitative estimate of drug-likeness (QED) is 0.815. The molecule has 0 atom stereocenters. The van der Waals surface area contributed by atoms with E-state index in [1.54, 1.807) is 12.1 Å². The first-order chi connectivity index (χ1) is 11.9. The summed E-state index contributed by atoms with van der Waals surface area (Å²) < 4.78 is 15.5. The molecule has 0 radical (unpaired) electrons. The highest BCUT2D eigenvalue weighted by Gasteiger charge is 2.14. The first-order valence-corrected chi connectivity index (χ1v) is 7.41. The third-order valence-electron chi connectivity index (χ3n) is 3.41. The van der Waals surface area contributed by atoms with Crippen molar-refractivity contribution in [2.45, 2.75) is 6.92 Å². The topological polar surface area (TPSA) is 96.9 Å². The van der Waals surface area contributed by atoms with Crippen LogP contribution in [0.1, 0.15) is 15.9 Å². The van der Waals surface area contributed by atoms with Gasteiger partial charge in [0.25, 0.3) is 5.91 Å². The van der Waals surface area contributed by atoms with Gasteiger partial charge in [0.1, 0.15) is 5.75 Å². The van der Waals surface area contributed by atoms with Gasteiger partial charge in [0, 0.05) is 11.6 Å². The number of carboxylic acid groups (broad SMARTS) is 1. The van der Waals surface area contributed by atoms with Gasteiger partial charge in [-0.1, -0.05) is 17.7 Å². The summed E-state index contributed by atoms with van der Waals surface area (Å²) in [6.45, 7) is 1.67. The molecule has 1 N–H and O–H groups in total. The number of ether oxygens (including phenoxy) is 3. The summed E-state index contributed by atoms with van der Waals surface area (Å²) in [5.74, 6) is -0.933. The number of amides is 1. The van der Waals surface area contributed by atoms with Gasteiger partial charge in [-0.3, -0.25) is 4.79 Å². The third kappa shape index (κ3) is 4.63. The molecule has 1 amide bonds. The molecule has 0 saturated heterocycles. The number of nitrogens with one attached hydrogen (secondary N) is 1. The number of rotatable bonds is 7. The van der Waals surface area contributed by atoms with Crippen LogP contribution >= 0.6 is 0 Å². The fraction of sp³-hybridized carbons (Fsp3) is 0.222. The molecular formula is C18H18NO6-. The van der Waals surface area contributed by atoms with Gasteiger partial charge in [0.2, 0.25) is 0 Å². The van der Waals surface area contributed by atoms with Crippen molar-refractivity contribution >= 4 is 17.6 Å². The van der Waals surface area contributed by atoms with Gasteiger partial charge in [-0.05, 0) is 25.1 Å². The van der Waals surface area contributed by atoms with Gasteiger partial charge in [0.15, 0.2) is 18.1 Å². The van der Waals surface area contributed by atoms with E-state index in [0.717, 1.165) is 5.56 Å². The Balaban J connectivity index is 2.13. The lowest BCUT2D eigenvalue weighted by Gasteiger charge is -2.16. The van der Waals surface area contributed by atoms with E-state index < -0.39 is 11.9 Å². The van der Waals surface area contributed by atoms with Gasteiger partial charge in [-0.15, -0.1) is 0 Å². The van der Waals surface area contributed by atoms with Crippen molar-refractivity contribution in [3.63, 3.8) is 0 Å². The SMILES string of the molecule is COc1cc(NC(=O)COc2ccc(C)cc2)c(C(=O)[O-])cc1OC. The summed E-state index contributed by atoms with van der Waals surface area (Å²) in [6, 6.07) is 9.78. The summed E-state index contributed by atoms with van der Waals surface area (Å²) in [7, 11) is 2.78. The average molecular weight is 344 g/mol. The molecule has 0 aliphatic carbocycles. The van der Waals surface area contributed by atoms with Crippen molar-refractivity contribution in [2.75, 3.05) is 26.1 Å². The maximum Gasteiger partial charge on any atom is 0.262 e. The number of methoxy groups -OCH3 is 2. The molecule has 0 bridgehead atoms. The average Bonchev–Trinajstić information content (AvgIpc) is 2.60. The molecule has 0 unspecified atom stereocenters. The number of carbonyl (C=O) groups is 2. The fourth-order valence-electron chi connectivity index (χ4n) is 2.12. The molecule has 0 aromatic heterocycles. The second-order valence-electron chi connectivity index (χ2n) is 5.19. The lowest BCUT2D eigenvalue weighted by atomic mass is 10.1. The molecule has 0 heterocycles. The second-order valence-corrected chi connectivity index (χ2v) is 5.19. The summed E-state index contributed by atoms with van der Waals surface area (Å²) >= 11 is 0. The number of carbonyl (C=O) groups excluding carboxylic acids is 2. The van der Waals surface area contributed by atoms with E-state index in [4.69, 9.17) is 14.2 Å². The summed E-state index contributed by atoms with van der Waals surface area (Å²) in [6.07, 6.45) is 0. The van der Waals surface area contributed by atoms with E-state index in [1.165, 1.54) is 26.4 Å². The Bertz CT molecular complexity index is 770. The maximum absolute atomic E-state index is 12.1. The number of aryl methyl sites for hydroxylation is 1. The standard InChI is InChI=1S/C18H19NO6/c1-11-4-6-12(7-5-11)25-10-17(20)19-14-9-16(24-3)15(23-2)8-13(14)18(21)22/h4-9H,10H2,1-3H3,(H,19,20)(H,21,22)/p-1. The van der Waals surface area contributed by atoms with E-state index >= 15 is 0 Å². The van der Waals surface area contributed by atoms with Crippen LogP contribution in [-0.4, -0.2) is 32.7 Å². The molecule has 0 fully saturated rings. The highest BCUT2D eigenvalue weighted by molar-refractivity contribution is 6.01. The molecule has 7 nitrogen and oxygen atoms in total. The van der Waals surface area contributed by atoms with Crippen LogP contribution in [0.25, 0.3) is 0 Å². The molecule has 0 saturated carbocycles. The van der Waals surface area contributed by atoms with Gasteiger partial charge in [-0.2, -0.15) is 0 Å². The van der Waals surface area contributed by atoms with Crippen molar-refractivity contribution in [2.24, 2.45) is 0 Å². The van der Waals surface area contributed by atoms with Crippen molar-refractivity contribution in [3.8, 4) is 17.2 Å². The minimum atomic E-state index is -1.45. The second kappa shape index (κ2) is 8.05. The zero-order valence-corrected chi connectivity index (χ0v) is 14.1. The van der Waals surface area contributed by atoms with E-state index in [0.29, 0.717) is 5.75 Å². The van der Waals surface area contributed by atoms with Crippen molar-refractivity contribution in [1.29, 1.82) is 0 Å². The number of aromatic carboxylic acids is 1. The third-order valence-corrected chi connectivity index (χ3v) is 3.41. The first kappa shape index (κ1) is 18.1. The normalized spacial score (nSPS) is 10.0. The molecule has 2 aromatic carbocycles. The molecule has 7 heteroatoms. The molecule has 0 aliphatic heterocycles. The van der Waals surface area contributed by atoms with Gasteiger partial charge >= 0.3 is 0 Å². The zero-order valence-electron chi connectivity index (χ0n) is 14.1. The smallest absolute Gasteiger partial charge is 0.262 e. The molecule has 2 aromatic rings. The Morgan fingerprint density at radius 1 is 1.04 bits per heavy atom. The van der Waals surface area contributed by atoms with E-state index in [2.05, 4.69) is 5.32 Å². The predicted molar refractivity (Wildman–Crippen MR) is 89.2 cm³/mol. The summed E-state index contributed by atoms with van der Waals surface area (Å²) in [5, 5.41) is 13.8. The van der Waals surface area contributed by atoms with Crippen LogP contribution in [0.4, 0.5) is 5.69 Å². The lowest BCUT2D eigenvalue weighted by molar-refractivity contribution is -0.254. The van der Waals surface area contributed by atoms with E-state index in [-0.39, 0.29) is 29.4 Å². The van der Waals surface area contributed by atoms with Crippen LogP contribution in [0.3, 0.4) is 0 Å².